The van der Waals surface area contributed by atoms with Crippen LogP contribution >= 0.6 is 0 Å². The smallest absolute Gasteiger partial charge is 0.0402 e. The van der Waals surface area contributed by atoms with Gasteiger partial charge >= 0.3 is 0 Å². The molecule has 0 aliphatic heterocycles. The van der Waals surface area contributed by atoms with E-state index in [9.17, 15) is 0 Å². The fraction of sp³-hybridized carbons (Fsp3) is 0.706. The topological polar surface area (TPSA) is 0 Å². The van der Waals surface area contributed by atoms with Gasteiger partial charge in [0, 0.05) is 11.1 Å². The molecule has 0 atom stereocenters. The highest BCUT2D eigenvalue weighted by Crippen LogP contribution is 2.22. The molecule has 0 aliphatic rings. The lowest BCUT2D eigenvalue weighted by Gasteiger charge is -2.13. The standard InChI is InChI=1S/C34H54/c1-5-9-11-13-15-17-19-21-23-25-27-33-29-31(7-3)32(8-4)30-34(33)28-26-24-22-20-18-16-14-12-10-6-2/h3-4,29-30H,5-6,9-28H2,1-2H3. The summed E-state index contributed by atoms with van der Waals surface area (Å²) >= 11 is 0. The third-order valence-corrected chi connectivity index (χ3v) is 7.25. The van der Waals surface area contributed by atoms with Crippen molar-refractivity contribution in [2.75, 3.05) is 0 Å². The summed E-state index contributed by atoms with van der Waals surface area (Å²) in [5.74, 6) is 5.64. The highest BCUT2D eigenvalue weighted by atomic mass is 14.1. The molecule has 34 heavy (non-hydrogen) atoms. The molecule has 1 aromatic carbocycles. The maximum absolute atomic E-state index is 5.76. The van der Waals surface area contributed by atoms with Crippen LogP contribution in [0.1, 0.15) is 165 Å². The molecule has 1 rings (SSSR count). The van der Waals surface area contributed by atoms with Crippen molar-refractivity contribution >= 4 is 0 Å². The quantitative estimate of drug-likeness (QED) is 0.119. The number of unbranched alkanes of at least 4 members (excludes halogenated alkanes) is 18. The molecule has 0 unspecified atom stereocenters. The van der Waals surface area contributed by atoms with Crippen LogP contribution in [-0.2, 0) is 12.8 Å². The van der Waals surface area contributed by atoms with E-state index in [0.717, 1.165) is 24.0 Å². The number of hydrogen-bond donors (Lipinski definition) is 0. The van der Waals surface area contributed by atoms with Crippen LogP contribution in [0.3, 0.4) is 0 Å². The fourth-order valence-electron chi connectivity index (χ4n) is 5.00. The molecule has 0 aliphatic carbocycles. The van der Waals surface area contributed by atoms with E-state index in [0.29, 0.717) is 0 Å². The SMILES string of the molecule is C#Cc1cc(CCCCCCCCCCCC)c(CCCCCCCCCCCC)cc1C#C. The molecule has 0 amide bonds. The van der Waals surface area contributed by atoms with E-state index in [1.165, 1.54) is 140 Å². The summed E-state index contributed by atoms with van der Waals surface area (Å²) in [5.41, 5.74) is 4.69. The van der Waals surface area contributed by atoms with Crippen LogP contribution in [0, 0.1) is 24.7 Å². The number of hydrogen-bond acceptors (Lipinski definition) is 0. The first-order valence-electron chi connectivity index (χ1n) is 14.9. The third kappa shape index (κ3) is 14.6. The third-order valence-electron chi connectivity index (χ3n) is 7.25. The summed E-state index contributed by atoms with van der Waals surface area (Å²) < 4.78 is 0. The predicted octanol–water partition coefficient (Wildman–Crippen LogP) is 10.6. The molecule has 0 saturated carbocycles. The molecule has 1 aromatic rings. The van der Waals surface area contributed by atoms with Crippen molar-refractivity contribution in [2.24, 2.45) is 0 Å². The lowest BCUT2D eigenvalue weighted by Crippen LogP contribution is -1.99. The Balaban J connectivity index is 2.36. The monoisotopic (exact) mass is 462 g/mol. The van der Waals surface area contributed by atoms with Crippen molar-refractivity contribution in [2.45, 2.75) is 155 Å². The minimum absolute atomic E-state index is 0.899. The van der Waals surface area contributed by atoms with Gasteiger partial charge in [-0.1, -0.05) is 141 Å². The van der Waals surface area contributed by atoms with Crippen LogP contribution in [-0.4, -0.2) is 0 Å². The second-order valence-corrected chi connectivity index (χ2v) is 10.3. The molecule has 0 nitrogen and oxygen atoms in total. The molecular formula is C34H54. The molecule has 0 heteroatoms. The summed E-state index contributed by atoms with van der Waals surface area (Å²) in [5, 5.41) is 0. The molecule has 0 fully saturated rings. The van der Waals surface area contributed by atoms with Crippen molar-refractivity contribution in [1.29, 1.82) is 0 Å². The Labute approximate surface area is 214 Å². The average molecular weight is 463 g/mol. The Kier molecular flexibility index (Phi) is 19.5. The van der Waals surface area contributed by atoms with Gasteiger partial charge in [0.15, 0.2) is 0 Å². The Morgan fingerprint density at radius 2 is 0.706 bits per heavy atom. The van der Waals surface area contributed by atoms with Crippen molar-refractivity contribution in [3.8, 4) is 24.7 Å². The predicted molar refractivity (Wildman–Crippen MR) is 153 cm³/mol. The second-order valence-electron chi connectivity index (χ2n) is 10.3. The number of rotatable bonds is 22. The average Bonchev–Trinajstić information content (AvgIpc) is 2.86. The number of terminal acetylenes is 2. The van der Waals surface area contributed by atoms with Gasteiger partial charge < -0.3 is 0 Å². The van der Waals surface area contributed by atoms with Crippen molar-refractivity contribution in [1.82, 2.24) is 0 Å². The normalized spacial score (nSPS) is 10.8. The molecule has 0 aromatic heterocycles. The van der Waals surface area contributed by atoms with Gasteiger partial charge in [-0.2, -0.15) is 0 Å². The number of aryl methyl sites for hydroxylation is 2. The molecule has 190 valence electrons. The van der Waals surface area contributed by atoms with Gasteiger partial charge in [0.1, 0.15) is 0 Å². The lowest BCUT2D eigenvalue weighted by molar-refractivity contribution is 0.553. The first kappa shape index (κ1) is 30.4. The van der Waals surface area contributed by atoms with Gasteiger partial charge in [0.05, 0.1) is 0 Å². The molecule has 0 heterocycles. The highest BCUT2D eigenvalue weighted by molar-refractivity contribution is 5.53. The van der Waals surface area contributed by atoms with Gasteiger partial charge in [-0.3, -0.25) is 0 Å². The lowest BCUT2D eigenvalue weighted by atomic mass is 9.92. The largest absolute Gasteiger partial charge is 0.115 e. The van der Waals surface area contributed by atoms with Crippen LogP contribution in [0.25, 0.3) is 0 Å². The zero-order valence-electron chi connectivity index (χ0n) is 22.9. The molecule has 0 radical (unpaired) electrons. The Morgan fingerprint density at radius 3 is 0.971 bits per heavy atom. The van der Waals surface area contributed by atoms with E-state index < -0.39 is 0 Å². The van der Waals surface area contributed by atoms with Crippen molar-refractivity contribution in [3.05, 3.63) is 34.4 Å². The van der Waals surface area contributed by atoms with Gasteiger partial charge in [-0.05, 0) is 48.9 Å². The van der Waals surface area contributed by atoms with Crippen LogP contribution in [0.15, 0.2) is 12.1 Å². The maximum atomic E-state index is 5.76. The summed E-state index contributed by atoms with van der Waals surface area (Å²) in [6.45, 7) is 4.57. The summed E-state index contributed by atoms with van der Waals surface area (Å²) in [7, 11) is 0. The minimum atomic E-state index is 0.899. The molecule has 0 spiro atoms. The first-order chi connectivity index (χ1) is 16.8. The van der Waals surface area contributed by atoms with E-state index in [4.69, 9.17) is 12.8 Å². The fourth-order valence-corrected chi connectivity index (χ4v) is 5.00. The van der Waals surface area contributed by atoms with E-state index in [-0.39, 0.29) is 0 Å². The Bertz CT molecular complexity index is 635. The van der Waals surface area contributed by atoms with E-state index >= 15 is 0 Å². The zero-order chi connectivity index (χ0) is 24.7. The highest BCUT2D eigenvalue weighted by Gasteiger charge is 2.08. The van der Waals surface area contributed by atoms with Gasteiger partial charge in [0.2, 0.25) is 0 Å². The van der Waals surface area contributed by atoms with Crippen LogP contribution in [0.4, 0.5) is 0 Å². The Hall–Kier alpha value is -1.66. The van der Waals surface area contributed by atoms with Gasteiger partial charge in [-0.15, -0.1) is 12.8 Å². The molecular weight excluding hydrogens is 408 g/mol. The molecule has 0 bridgehead atoms. The summed E-state index contributed by atoms with van der Waals surface area (Å²) in [4.78, 5) is 0. The van der Waals surface area contributed by atoms with Crippen LogP contribution in [0.5, 0.6) is 0 Å². The Morgan fingerprint density at radius 1 is 0.441 bits per heavy atom. The van der Waals surface area contributed by atoms with Crippen LogP contribution in [0.2, 0.25) is 0 Å². The van der Waals surface area contributed by atoms with Crippen molar-refractivity contribution in [3.63, 3.8) is 0 Å². The summed E-state index contributed by atoms with van der Waals surface area (Å²) in [6, 6.07) is 4.43. The van der Waals surface area contributed by atoms with Gasteiger partial charge in [-0.25, -0.2) is 0 Å². The molecule has 0 saturated heterocycles. The van der Waals surface area contributed by atoms with E-state index in [2.05, 4.69) is 37.8 Å². The molecule has 0 N–H and O–H groups in total. The maximum Gasteiger partial charge on any atom is 0.0402 e. The van der Waals surface area contributed by atoms with E-state index in [1.807, 2.05) is 0 Å². The van der Waals surface area contributed by atoms with E-state index in [1.54, 1.807) is 0 Å². The minimum Gasteiger partial charge on any atom is -0.115 e. The van der Waals surface area contributed by atoms with Gasteiger partial charge in [0.25, 0.3) is 0 Å². The zero-order valence-corrected chi connectivity index (χ0v) is 22.9. The second kappa shape index (κ2) is 21.8. The number of benzene rings is 1. The van der Waals surface area contributed by atoms with Crippen molar-refractivity contribution < 1.29 is 0 Å². The summed E-state index contributed by atoms with van der Waals surface area (Å²) in [6.07, 6.45) is 41.3. The van der Waals surface area contributed by atoms with Crippen LogP contribution < -0.4 is 0 Å². The first-order valence-corrected chi connectivity index (χ1v) is 14.9.